The number of ketones is 3. The summed E-state index contributed by atoms with van der Waals surface area (Å²) in [6.07, 6.45) is 3.50. The number of allylic oxidation sites excluding steroid dienone is 6. The van der Waals surface area contributed by atoms with E-state index >= 15 is 0 Å². The molecule has 0 saturated heterocycles. The maximum absolute atomic E-state index is 10.0. The first-order chi connectivity index (χ1) is 9.38. The van der Waals surface area contributed by atoms with Crippen LogP contribution in [0.1, 0.15) is 41.5 Å². The minimum atomic E-state index is -0.125. The van der Waals surface area contributed by atoms with E-state index in [4.69, 9.17) is 15.3 Å². The van der Waals surface area contributed by atoms with Crippen molar-refractivity contribution in [3.05, 3.63) is 35.5 Å². The monoisotopic (exact) mass is 439 g/mol. The molecule has 0 amide bonds. The summed E-state index contributed by atoms with van der Waals surface area (Å²) in [5, 5.41) is 25.1. The van der Waals surface area contributed by atoms with Gasteiger partial charge in [-0.05, 0) is 41.5 Å². The normalized spacial score (nSPS) is 10.9. The third-order valence-electron chi connectivity index (χ3n) is 1.24. The Labute approximate surface area is 159 Å². The van der Waals surface area contributed by atoms with Gasteiger partial charge < -0.3 is 15.3 Å². The van der Waals surface area contributed by atoms with Crippen molar-refractivity contribution in [2.24, 2.45) is 0 Å². The minimum absolute atomic E-state index is 0. The van der Waals surface area contributed by atoms with E-state index in [0.29, 0.717) is 0 Å². The van der Waals surface area contributed by atoms with Crippen LogP contribution in [0.2, 0.25) is 0 Å². The molecule has 0 aromatic carbocycles. The van der Waals surface area contributed by atoms with Gasteiger partial charge in [0.05, 0.1) is 17.3 Å². The summed E-state index contributed by atoms with van der Waals surface area (Å²) in [5.41, 5.74) is 0. The summed E-state index contributed by atoms with van der Waals surface area (Å²) in [6, 6.07) is 0. The van der Waals surface area contributed by atoms with Gasteiger partial charge in [-0.2, -0.15) is 0 Å². The second kappa shape index (κ2) is 17.9. The fourth-order valence-corrected chi connectivity index (χ4v) is 0.882. The number of aliphatic hydroxyl groups excluding tert-OH is 3. The zero-order valence-corrected chi connectivity index (χ0v) is 17.5. The van der Waals surface area contributed by atoms with Gasteiger partial charge in [0.25, 0.3) is 0 Å². The minimum Gasteiger partial charge on any atom is -0.512 e. The molecule has 0 saturated carbocycles. The number of carbonyl (C=O) groups excluding carboxylic acids is 3. The van der Waals surface area contributed by atoms with Gasteiger partial charge in [0, 0.05) is 53.8 Å². The molecule has 0 atom stereocenters. The topological polar surface area (TPSA) is 112 Å². The van der Waals surface area contributed by atoms with Crippen LogP contribution in [0.25, 0.3) is 0 Å². The van der Waals surface area contributed by atoms with Gasteiger partial charge in [-0.1, -0.05) is 0 Å². The van der Waals surface area contributed by atoms with Gasteiger partial charge in [-0.15, -0.1) is 0 Å². The predicted molar refractivity (Wildman–Crippen MR) is 81.2 cm³/mol. The molecule has 0 aliphatic rings. The van der Waals surface area contributed by atoms with Crippen LogP contribution in [0.4, 0.5) is 0 Å². The van der Waals surface area contributed by atoms with Crippen molar-refractivity contribution in [1.29, 1.82) is 0 Å². The summed E-state index contributed by atoms with van der Waals surface area (Å²) in [4.78, 5) is 30.1. The Hall–Kier alpha value is -1.18. The smallest absolute Gasteiger partial charge is 0.155 e. The van der Waals surface area contributed by atoms with E-state index in [2.05, 4.69) is 0 Å². The van der Waals surface area contributed by atoms with E-state index in [1.807, 2.05) is 0 Å². The van der Waals surface area contributed by atoms with Crippen LogP contribution >= 0.6 is 0 Å². The van der Waals surface area contributed by atoms with Gasteiger partial charge in [-0.3, -0.25) is 14.4 Å². The molecule has 1 radical (unpaired) electrons. The largest absolute Gasteiger partial charge is 0.512 e. The van der Waals surface area contributed by atoms with Crippen molar-refractivity contribution in [2.45, 2.75) is 41.5 Å². The van der Waals surface area contributed by atoms with Gasteiger partial charge in [0.15, 0.2) is 17.3 Å². The quantitative estimate of drug-likeness (QED) is 0.460. The number of rotatable bonds is 3. The molecular formula is C15H24LaO6. The van der Waals surface area contributed by atoms with Crippen molar-refractivity contribution < 1.29 is 65.3 Å². The number of aliphatic hydroxyl groups is 3. The summed E-state index contributed by atoms with van der Waals surface area (Å²) in [7, 11) is 0. The maximum Gasteiger partial charge on any atom is 0.155 e. The molecule has 0 aliphatic heterocycles. The summed E-state index contributed by atoms with van der Waals surface area (Å²) >= 11 is 0. The number of hydrogen-bond donors (Lipinski definition) is 3. The molecule has 3 N–H and O–H groups in total. The van der Waals surface area contributed by atoms with Crippen LogP contribution in [0, 0.1) is 35.6 Å². The molecule has 22 heavy (non-hydrogen) atoms. The molecule has 0 heterocycles. The average molecular weight is 439 g/mol. The average Bonchev–Trinajstić information content (AvgIpc) is 2.10. The molecule has 7 heteroatoms. The molecular weight excluding hydrogens is 415 g/mol. The number of hydrogen-bond acceptors (Lipinski definition) is 6. The SMILES string of the molecule is CC(=O)/C=C(/C)O.CC(=O)/C=C(/C)O.CC(=O)/C=C(/C)O.[La]. The zero-order chi connectivity index (χ0) is 17.6. The van der Waals surface area contributed by atoms with Crippen LogP contribution < -0.4 is 0 Å². The Morgan fingerprint density at radius 3 is 0.682 bits per heavy atom. The maximum atomic E-state index is 10.0. The first-order valence-corrected chi connectivity index (χ1v) is 6.02. The van der Waals surface area contributed by atoms with E-state index in [1.54, 1.807) is 0 Å². The zero-order valence-electron chi connectivity index (χ0n) is 13.9. The Morgan fingerprint density at radius 1 is 0.545 bits per heavy atom. The van der Waals surface area contributed by atoms with Crippen molar-refractivity contribution in [2.75, 3.05) is 0 Å². The van der Waals surface area contributed by atoms with Crippen LogP contribution in [0.3, 0.4) is 0 Å². The van der Waals surface area contributed by atoms with Crippen LogP contribution in [-0.4, -0.2) is 32.7 Å². The fourth-order valence-electron chi connectivity index (χ4n) is 0.882. The summed E-state index contributed by atoms with van der Waals surface area (Å²) in [6.45, 7) is 8.54. The Bertz CT molecular complexity index is 368. The van der Waals surface area contributed by atoms with Gasteiger partial charge in [0.2, 0.25) is 0 Å². The molecule has 0 aromatic heterocycles. The third kappa shape index (κ3) is 51.0. The van der Waals surface area contributed by atoms with E-state index in [-0.39, 0.29) is 70.2 Å². The number of carbonyl (C=O) groups is 3. The Morgan fingerprint density at radius 2 is 0.682 bits per heavy atom. The standard InChI is InChI=1S/3C5H8O2.La/c3*1-4(6)3-5(2)7;/h3*3,6H,1-2H3;/b3*4-3-;. The van der Waals surface area contributed by atoms with E-state index < -0.39 is 0 Å². The molecule has 0 bridgehead atoms. The Kier molecular flexibility index (Phi) is 23.5. The molecule has 0 aromatic rings. The van der Waals surface area contributed by atoms with Crippen LogP contribution in [0.15, 0.2) is 35.5 Å². The van der Waals surface area contributed by atoms with Crippen molar-refractivity contribution >= 4 is 17.3 Å². The first-order valence-electron chi connectivity index (χ1n) is 6.02. The fraction of sp³-hybridized carbons (Fsp3) is 0.400. The molecule has 0 spiro atoms. The van der Waals surface area contributed by atoms with Crippen LogP contribution in [-0.2, 0) is 14.4 Å². The first kappa shape index (κ1) is 28.9. The third-order valence-corrected chi connectivity index (χ3v) is 1.24. The van der Waals surface area contributed by atoms with Crippen LogP contribution in [0.5, 0.6) is 0 Å². The molecule has 0 fully saturated rings. The summed E-state index contributed by atoms with van der Waals surface area (Å²) in [5.74, 6) is -0.187. The molecule has 6 nitrogen and oxygen atoms in total. The van der Waals surface area contributed by atoms with Crippen molar-refractivity contribution in [3.8, 4) is 0 Å². The predicted octanol–water partition coefficient (Wildman–Crippen LogP) is 3.11. The summed E-state index contributed by atoms with van der Waals surface area (Å²) < 4.78 is 0. The van der Waals surface area contributed by atoms with Gasteiger partial charge in [0.1, 0.15) is 0 Å². The molecule has 0 rings (SSSR count). The molecule has 123 valence electrons. The van der Waals surface area contributed by atoms with Gasteiger partial charge in [-0.25, -0.2) is 0 Å². The van der Waals surface area contributed by atoms with E-state index in [9.17, 15) is 14.4 Å². The second-order valence-corrected chi connectivity index (χ2v) is 4.19. The van der Waals surface area contributed by atoms with E-state index in [0.717, 1.165) is 0 Å². The second-order valence-electron chi connectivity index (χ2n) is 4.19. The van der Waals surface area contributed by atoms with Gasteiger partial charge >= 0.3 is 0 Å². The Balaban J connectivity index is -0.000000108. The van der Waals surface area contributed by atoms with E-state index in [1.165, 1.54) is 59.8 Å². The molecule has 0 unspecified atom stereocenters. The van der Waals surface area contributed by atoms with Crippen molar-refractivity contribution in [1.82, 2.24) is 0 Å². The van der Waals surface area contributed by atoms with Crippen molar-refractivity contribution in [3.63, 3.8) is 0 Å². The molecule has 0 aliphatic carbocycles.